The molecular formula is C21H24N2O3. The van der Waals surface area contributed by atoms with Gasteiger partial charge in [0.1, 0.15) is 5.75 Å². The molecule has 26 heavy (non-hydrogen) atoms. The third-order valence-corrected chi connectivity index (χ3v) is 4.52. The number of hydrogen-bond donors (Lipinski definition) is 1. The molecule has 0 saturated carbocycles. The normalized spacial score (nSPS) is 16.4. The van der Waals surface area contributed by atoms with Crippen LogP contribution in [0.2, 0.25) is 0 Å². The average molecular weight is 352 g/mol. The molecule has 5 nitrogen and oxygen atoms in total. The third kappa shape index (κ3) is 4.04. The first-order chi connectivity index (χ1) is 12.6. The molecule has 1 unspecified atom stereocenters. The molecule has 3 rings (SSSR count). The molecule has 0 aliphatic carbocycles. The minimum absolute atomic E-state index is 0.00594. The van der Waals surface area contributed by atoms with Gasteiger partial charge in [0.25, 0.3) is 5.91 Å². The predicted molar refractivity (Wildman–Crippen MR) is 101 cm³/mol. The summed E-state index contributed by atoms with van der Waals surface area (Å²) in [5, 5.41) is 2.73. The monoisotopic (exact) mass is 352 g/mol. The minimum atomic E-state index is -0.150. The highest BCUT2D eigenvalue weighted by atomic mass is 16.5. The van der Waals surface area contributed by atoms with Crippen molar-refractivity contribution in [3.63, 3.8) is 0 Å². The largest absolute Gasteiger partial charge is 0.494 e. The van der Waals surface area contributed by atoms with Gasteiger partial charge in [-0.25, -0.2) is 0 Å². The van der Waals surface area contributed by atoms with Crippen LogP contribution < -0.4 is 10.1 Å². The lowest BCUT2D eigenvalue weighted by molar-refractivity contribution is -0.114. The van der Waals surface area contributed by atoms with Gasteiger partial charge in [0.15, 0.2) is 0 Å². The van der Waals surface area contributed by atoms with Gasteiger partial charge in [-0.05, 0) is 55.7 Å². The summed E-state index contributed by atoms with van der Waals surface area (Å²) >= 11 is 0. The number of carbonyl (C=O) groups excluding carboxylic acids is 2. The quantitative estimate of drug-likeness (QED) is 0.884. The molecule has 2 amide bonds. The Labute approximate surface area is 154 Å². The first-order valence-electron chi connectivity index (χ1n) is 9.00. The van der Waals surface area contributed by atoms with E-state index >= 15 is 0 Å². The van der Waals surface area contributed by atoms with Crippen LogP contribution in [0.5, 0.6) is 5.75 Å². The molecule has 1 N–H and O–H groups in total. The van der Waals surface area contributed by atoms with Gasteiger partial charge >= 0.3 is 0 Å². The van der Waals surface area contributed by atoms with Crippen molar-refractivity contribution in [2.45, 2.75) is 32.7 Å². The Bertz CT molecular complexity index is 786. The maximum absolute atomic E-state index is 13.0. The molecule has 1 heterocycles. The van der Waals surface area contributed by atoms with Crippen LogP contribution in [-0.4, -0.2) is 29.9 Å². The van der Waals surface area contributed by atoms with Crippen LogP contribution in [0.1, 0.15) is 48.7 Å². The molecule has 2 aromatic carbocycles. The summed E-state index contributed by atoms with van der Waals surface area (Å²) in [6, 6.07) is 15.2. The SMILES string of the molecule is CCOc1ccc(C2CCCN2C(=O)c2cccc(NC(C)=O)c2)cc1. The van der Waals surface area contributed by atoms with Gasteiger partial charge < -0.3 is 15.0 Å². The Morgan fingerprint density at radius 1 is 1.19 bits per heavy atom. The van der Waals surface area contributed by atoms with Gasteiger partial charge in [0.05, 0.1) is 12.6 Å². The van der Waals surface area contributed by atoms with E-state index in [-0.39, 0.29) is 17.9 Å². The summed E-state index contributed by atoms with van der Waals surface area (Å²) < 4.78 is 5.50. The Morgan fingerprint density at radius 2 is 1.96 bits per heavy atom. The molecule has 0 aromatic heterocycles. The number of benzene rings is 2. The van der Waals surface area contributed by atoms with Crippen LogP contribution in [0.25, 0.3) is 0 Å². The number of anilines is 1. The lowest BCUT2D eigenvalue weighted by atomic mass is 10.0. The maximum Gasteiger partial charge on any atom is 0.254 e. The van der Waals surface area contributed by atoms with Gasteiger partial charge in [0.2, 0.25) is 5.91 Å². The number of nitrogens with one attached hydrogen (secondary N) is 1. The van der Waals surface area contributed by atoms with E-state index in [1.807, 2.05) is 36.1 Å². The molecule has 0 bridgehead atoms. The number of amides is 2. The van der Waals surface area contributed by atoms with Gasteiger partial charge in [-0.1, -0.05) is 18.2 Å². The van der Waals surface area contributed by atoms with Gasteiger partial charge in [-0.2, -0.15) is 0 Å². The summed E-state index contributed by atoms with van der Waals surface area (Å²) in [5.41, 5.74) is 2.35. The zero-order valence-electron chi connectivity index (χ0n) is 15.2. The number of rotatable bonds is 5. The highest BCUT2D eigenvalue weighted by Gasteiger charge is 2.30. The fourth-order valence-electron chi connectivity index (χ4n) is 3.41. The Hall–Kier alpha value is -2.82. The van der Waals surface area contributed by atoms with Crippen molar-refractivity contribution in [2.24, 2.45) is 0 Å². The molecular weight excluding hydrogens is 328 g/mol. The molecule has 1 atom stereocenters. The van der Waals surface area contributed by atoms with Crippen LogP contribution in [-0.2, 0) is 4.79 Å². The predicted octanol–water partition coefficient (Wildman–Crippen LogP) is 4.02. The smallest absolute Gasteiger partial charge is 0.254 e. The molecule has 2 aromatic rings. The second-order valence-electron chi connectivity index (χ2n) is 6.42. The topological polar surface area (TPSA) is 58.6 Å². The Morgan fingerprint density at radius 3 is 2.65 bits per heavy atom. The summed E-state index contributed by atoms with van der Waals surface area (Å²) in [7, 11) is 0. The van der Waals surface area contributed by atoms with Gasteiger partial charge in [-0.3, -0.25) is 9.59 Å². The molecule has 1 aliphatic rings. The lowest BCUT2D eigenvalue weighted by Gasteiger charge is -2.25. The Kier molecular flexibility index (Phi) is 5.56. The van der Waals surface area contributed by atoms with Crippen molar-refractivity contribution in [3.8, 4) is 5.75 Å². The van der Waals surface area contributed by atoms with E-state index in [0.29, 0.717) is 17.9 Å². The third-order valence-electron chi connectivity index (χ3n) is 4.52. The lowest BCUT2D eigenvalue weighted by Crippen LogP contribution is -2.30. The van der Waals surface area contributed by atoms with Crippen LogP contribution in [0.3, 0.4) is 0 Å². The van der Waals surface area contributed by atoms with Crippen molar-refractivity contribution in [2.75, 3.05) is 18.5 Å². The van der Waals surface area contributed by atoms with Crippen molar-refractivity contribution in [1.29, 1.82) is 0 Å². The highest BCUT2D eigenvalue weighted by Crippen LogP contribution is 2.34. The van der Waals surface area contributed by atoms with E-state index in [4.69, 9.17) is 4.74 Å². The van der Waals surface area contributed by atoms with Crippen LogP contribution in [0, 0.1) is 0 Å². The van der Waals surface area contributed by atoms with Crippen molar-refractivity contribution >= 4 is 17.5 Å². The van der Waals surface area contributed by atoms with Gasteiger partial charge in [0, 0.05) is 24.7 Å². The zero-order chi connectivity index (χ0) is 18.5. The van der Waals surface area contributed by atoms with Gasteiger partial charge in [-0.15, -0.1) is 0 Å². The number of ether oxygens (including phenoxy) is 1. The van der Waals surface area contributed by atoms with Crippen LogP contribution in [0.15, 0.2) is 48.5 Å². The summed E-state index contributed by atoms with van der Waals surface area (Å²) in [6.45, 7) is 4.79. The number of likely N-dealkylation sites (tertiary alicyclic amines) is 1. The summed E-state index contributed by atoms with van der Waals surface area (Å²) in [6.07, 6.45) is 1.93. The maximum atomic E-state index is 13.0. The number of nitrogens with zero attached hydrogens (tertiary/aromatic N) is 1. The highest BCUT2D eigenvalue weighted by molar-refractivity contribution is 5.97. The second kappa shape index (κ2) is 8.04. The van der Waals surface area contributed by atoms with Crippen molar-refractivity contribution in [1.82, 2.24) is 4.90 Å². The molecule has 0 radical (unpaired) electrons. The molecule has 0 spiro atoms. The van der Waals surface area contributed by atoms with E-state index in [2.05, 4.69) is 5.32 Å². The Balaban J connectivity index is 1.79. The molecule has 1 fully saturated rings. The van der Waals surface area contributed by atoms with E-state index < -0.39 is 0 Å². The first kappa shape index (κ1) is 18.0. The fraction of sp³-hybridized carbons (Fsp3) is 0.333. The molecule has 136 valence electrons. The molecule has 1 saturated heterocycles. The standard InChI is InChI=1S/C21H24N2O3/c1-3-26-19-11-9-16(10-12-19)20-8-5-13-23(20)21(25)17-6-4-7-18(14-17)22-15(2)24/h4,6-7,9-12,14,20H,3,5,8,13H2,1-2H3,(H,22,24). The molecule has 1 aliphatic heterocycles. The van der Waals surface area contributed by atoms with Crippen LogP contribution >= 0.6 is 0 Å². The average Bonchev–Trinajstić information content (AvgIpc) is 3.11. The van der Waals surface area contributed by atoms with E-state index in [1.165, 1.54) is 6.92 Å². The summed E-state index contributed by atoms with van der Waals surface area (Å²) in [5.74, 6) is 0.687. The first-order valence-corrected chi connectivity index (χ1v) is 9.00. The zero-order valence-corrected chi connectivity index (χ0v) is 15.2. The number of hydrogen-bond acceptors (Lipinski definition) is 3. The number of carbonyl (C=O) groups is 2. The van der Waals surface area contributed by atoms with E-state index in [9.17, 15) is 9.59 Å². The van der Waals surface area contributed by atoms with E-state index in [1.54, 1.807) is 24.3 Å². The summed E-state index contributed by atoms with van der Waals surface area (Å²) in [4.78, 5) is 26.2. The second-order valence-corrected chi connectivity index (χ2v) is 6.42. The van der Waals surface area contributed by atoms with Crippen molar-refractivity contribution < 1.29 is 14.3 Å². The van der Waals surface area contributed by atoms with E-state index in [0.717, 1.165) is 30.7 Å². The van der Waals surface area contributed by atoms with Crippen LogP contribution in [0.4, 0.5) is 5.69 Å². The molecule has 5 heteroatoms. The minimum Gasteiger partial charge on any atom is -0.494 e. The fourth-order valence-corrected chi connectivity index (χ4v) is 3.41. The van der Waals surface area contributed by atoms with Crippen molar-refractivity contribution in [3.05, 3.63) is 59.7 Å².